The molecule has 1 aliphatic heterocycles. The molecule has 3 nitrogen and oxygen atoms in total. The van der Waals surface area contributed by atoms with Crippen LogP contribution in [0.15, 0.2) is 18.2 Å². The average Bonchev–Trinajstić information content (AvgIpc) is 3.01. The minimum atomic E-state index is -0.216. The van der Waals surface area contributed by atoms with Gasteiger partial charge in [0.1, 0.15) is 11.6 Å². The molecule has 118 valence electrons. The molecule has 0 radical (unpaired) electrons. The molecule has 0 spiro atoms. The van der Waals surface area contributed by atoms with Crippen LogP contribution in [0.4, 0.5) is 4.39 Å². The number of hydrogen-bond donors (Lipinski definition) is 1. The maximum absolute atomic E-state index is 13.6. The van der Waals surface area contributed by atoms with Crippen molar-refractivity contribution in [2.24, 2.45) is 0 Å². The fourth-order valence-electron chi connectivity index (χ4n) is 2.89. The highest BCUT2D eigenvalue weighted by atomic mass is 19.1. The summed E-state index contributed by atoms with van der Waals surface area (Å²) in [4.78, 5) is 0. The normalized spacial score (nSPS) is 19.7. The number of hydrogen-bond acceptors (Lipinski definition) is 3. The lowest BCUT2D eigenvalue weighted by Crippen LogP contribution is -2.24. The Morgan fingerprint density at radius 2 is 2.33 bits per heavy atom. The molecule has 0 saturated carbocycles. The van der Waals surface area contributed by atoms with Crippen molar-refractivity contribution in [3.63, 3.8) is 0 Å². The van der Waals surface area contributed by atoms with E-state index in [4.69, 9.17) is 9.47 Å². The summed E-state index contributed by atoms with van der Waals surface area (Å²) in [6.07, 6.45) is 5.64. The van der Waals surface area contributed by atoms with Gasteiger partial charge in [0.2, 0.25) is 0 Å². The first kappa shape index (κ1) is 16.2. The van der Waals surface area contributed by atoms with E-state index in [2.05, 4.69) is 12.2 Å². The fourth-order valence-corrected chi connectivity index (χ4v) is 2.89. The lowest BCUT2D eigenvalue weighted by molar-refractivity contribution is 0.0995. The Bertz CT molecular complexity index is 433. The number of nitrogens with one attached hydrogen (secondary N) is 1. The van der Waals surface area contributed by atoms with Crippen LogP contribution in [0, 0.1) is 5.82 Å². The molecule has 1 heterocycles. The van der Waals surface area contributed by atoms with E-state index < -0.39 is 0 Å². The number of rotatable bonds is 8. The molecule has 1 aromatic rings. The Labute approximate surface area is 126 Å². The van der Waals surface area contributed by atoms with Crippen molar-refractivity contribution in [3.8, 4) is 5.75 Å². The van der Waals surface area contributed by atoms with Crippen LogP contribution in [-0.2, 0) is 4.74 Å². The number of methoxy groups -OCH3 is 1. The first-order valence-electron chi connectivity index (χ1n) is 7.93. The number of ether oxygens (including phenoxy) is 2. The van der Waals surface area contributed by atoms with E-state index in [9.17, 15) is 4.39 Å². The molecule has 0 bridgehead atoms. The molecular weight excluding hydrogens is 269 g/mol. The maximum Gasteiger partial charge on any atom is 0.123 e. The van der Waals surface area contributed by atoms with E-state index in [0.717, 1.165) is 56.6 Å². The van der Waals surface area contributed by atoms with Gasteiger partial charge in [-0.25, -0.2) is 4.39 Å². The third kappa shape index (κ3) is 4.68. The Kier molecular flexibility index (Phi) is 6.46. The molecular formula is C17H26FNO2. The molecule has 2 atom stereocenters. The van der Waals surface area contributed by atoms with Crippen molar-refractivity contribution < 1.29 is 13.9 Å². The van der Waals surface area contributed by atoms with E-state index >= 15 is 0 Å². The summed E-state index contributed by atoms with van der Waals surface area (Å²) in [6.45, 7) is 3.92. The lowest BCUT2D eigenvalue weighted by atomic mass is 9.98. The third-order valence-electron chi connectivity index (χ3n) is 4.01. The van der Waals surface area contributed by atoms with Gasteiger partial charge in [0.25, 0.3) is 0 Å². The summed E-state index contributed by atoms with van der Waals surface area (Å²) in [7, 11) is 1.63. The molecule has 2 unspecified atom stereocenters. The summed E-state index contributed by atoms with van der Waals surface area (Å²) in [5.41, 5.74) is 0.906. The van der Waals surface area contributed by atoms with Crippen molar-refractivity contribution in [2.75, 3.05) is 20.3 Å². The molecule has 1 fully saturated rings. The smallest absolute Gasteiger partial charge is 0.123 e. The van der Waals surface area contributed by atoms with Gasteiger partial charge >= 0.3 is 0 Å². The summed E-state index contributed by atoms with van der Waals surface area (Å²) >= 11 is 0. The molecule has 0 aromatic heterocycles. The van der Waals surface area contributed by atoms with Crippen LogP contribution in [0.25, 0.3) is 0 Å². The maximum atomic E-state index is 13.6. The first-order chi connectivity index (χ1) is 10.2. The zero-order valence-corrected chi connectivity index (χ0v) is 13.0. The molecule has 2 rings (SSSR count). The largest absolute Gasteiger partial charge is 0.496 e. The van der Waals surface area contributed by atoms with E-state index in [1.807, 2.05) is 0 Å². The van der Waals surface area contributed by atoms with Gasteiger partial charge in [0, 0.05) is 18.2 Å². The highest BCUT2D eigenvalue weighted by Gasteiger charge is 2.21. The van der Waals surface area contributed by atoms with Gasteiger partial charge in [-0.05, 0) is 56.8 Å². The molecule has 1 aromatic carbocycles. The molecule has 1 saturated heterocycles. The van der Waals surface area contributed by atoms with Gasteiger partial charge in [-0.3, -0.25) is 0 Å². The second kappa shape index (κ2) is 8.35. The van der Waals surface area contributed by atoms with Crippen molar-refractivity contribution in [1.29, 1.82) is 0 Å². The minimum absolute atomic E-state index is 0.111. The van der Waals surface area contributed by atoms with Gasteiger partial charge in [0.05, 0.1) is 13.2 Å². The van der Waals surface area contributed by atoms with Gasteiger partial charge in [-0.2, -0.15) is 0 Å². The Morgan fingerprint density at radius 3 is 3.00 bits per heavy atom. The second-order valence-corrected chi connectivity index (χ2v) is 5.61. The quantitative estimate of drug-likeness (QED) is 0.790. The topological polar surface area (TPSA) is 30.5 Å². The van der Waals surface area contributed by atoms with Crippen LogP contribution in [0.1, 0.15) is 50.6 Å². The fraction of sp³-hybridized carbons (Fsp3) is 0.647. The minimum Gasteiger partial charge on any atom is -0.496 e. The summed E-state index contributed by atoms with van der Waals surface area (Å²) in [5.74, 6) is 0.531. The lowest BCUT2D eigenvalue weighted by Gasteiger charge is -2.22. The third-order valence-corrected chi connectivity index (χ3v) is 4.01. The highest BCUT2D eigenvalue weighted by Crippen LogP contribution is 2.30. The van der Waals surface area contributed by atoms with Crippen LogP contribution >= 0.6 is 0 Å². The van der Waals surface area contributed by atoms with Crippen molar-refractivity contribution in [3.05, 3.63) is 29.6 Å². The van der Waals surface area contributed by atoms with Crippen LogP contribution < -0.4 is 10.1 Å². The van der Waals surface area contributed by atoms with E-state index in [1.54, 1.807) is 19.2 Å². The SMILES string of the molecule is CCCNC(CCC1CCCO1)c1cc(F)ccc1OC. The first-order valence-corrected chi connectivity index (χ1v) is 7.93. The molecule has 21 heavy (non-hydrogen) atoms. The van der Waals surface area contributed by atoms with E-state index in [0.29, 0.717) is 6.10 Å². The highest BCUT2D eigenvalue weighted by molar-refractivity contribution is 5.36. The molecule has 0 amide bonds. The number of halogens is 1. The molecule has 1 N–H and O–H groups in total. The van der Waals surface area contributed by atoms with Crippen molar-refractivity contribution >= 4 is 0 Å². The number of benzene rings is 1. The predicted octanol–water partition coefficient (Wildman–Crippen LogP) is 3.83. The Hall–Kier alpha value is -1.13. The zero-order chi connectivity index (χ0) is 15.1. The molecule has 0 aliphatic carbocycles. The Balaban J connectivity index is 2.08. The standard InChI is InChI=1S/C17H26FNO2/c1-3-10-19-16(8-7-14-5-4-11-21-14)15-12-13(18)6-9-17(15)20-2/h6,9,12,14,16,19H,3-5,7-8,10-11H2,1-2H3. The summed E-state index contributed by atoms with van der Waals surface area (Å²) in [6, 6.07) is 4.85. The zero-order valence-electron chi connectivity index (χ0n) is 13.0. The van der Waals surface area contributed by atoms with E-state index in [-0.39, 0.29) is 11.9 Å². The van der Waals surface area contributed by atoms with Crippen LogP contribution in [-0.4, -0.2) is 26.4 Å². The predicted molar refractivity (Wildman–Crippen MR) is 82.2 cm³/mol. The monoisotopic (exact) mass is 295 g/mol. The summed E-state index contributed by atoms with van der Waals surface area (Å²) < 4.78 is 24.7. The van der Waals surface area contributed by atoms with Crippen LogP contribution in [0.5, 0.6) is 5.75 Å². The molecule has 1 aliphatic rings. The summed E-state index contributed by atoms with van der Waals surface area (Å²) in [5, 5.41) is 3.51. The van der Waals surface area contributed by atoms with Gasteiger partial charge in [-0.15, -0.1) is 0 Å². The van der Waals surface area contributed by atoms with Crippen molar-refractivity contribution in [2.45, 2.75) is 51.2 Å². The van der Waals surface area contributed by atoms with Gasteiger partial charge in [-0.1, -0.05) is 6.92 Å². The van der Waals surface area contributed by atoms with Gasteiger partial charge in [0.15, 0.2) is 0 Å². The van der Waals surface area contributed by atoms with Gasteiger partial charge < -0.3 is 14.8 Å². The second-order valence-electron chi connectivity index (χ2n) is 5.61. The van der Waals surface area contributed by atoms with Crippen LogP contribution in [0.2, 0.25) is 0 Å². The Morgan fingerprint density at radius 1 is 1.48 bits per heavy atom. The van der Waals surface area contributed by atoms with Crippen LogP contribution in [0.3, 0.4) is 0 Å². The van der Waals surface area contributed by atoms with Crippen molar-refractivity contribution in [1.82, 2.24) is 5.32 Å². The average molecular weight is 295 g/mol. The van der Waals surface area contributed by atoms with E-state index in [1.165, 1.54) is 6.07 Å². The molecule has 4 heteroatoms.